The average molecular weight is 294 g/mol. The molecule has 0 saturated heterocycles. The predicted octanol–water partition coefficient (Wildman–Crippen LogP) is 0.127. The molecule has 0 saturated carbocycles. The van der Waals surface area contributed by atoms with Crippen LogP contribution in [0.25, 0.3) is 0 Å². The molecule has 0 spiro atoms. The number of carbonyl (C=O) groups excluding carboxylic acids is 2. The number of carbonyl (C=O) groups is 3. The Hall–Kier alpha value is -2.41. The second-order valence-electron chi connectivity index (χ2n) is 4.57. The zero-order valence-corrected chi connectivity index (χ0v) is 11.8. The summed E-state index contributed by atoms with van der Waals surface area (Å²) in [5, 5.41) is 11.2. The molecular weight excluding hydrogens is 276 g/mol. The molecule has 2 atom stereocenters. The highest BCUT2D eigenvalue weighted by atomic mass is 16.5. The van der Waals surface area contributed by atoms with E-state index in [1.165, 1.54) is 0 Å². The van der Waals surface area contributed by atoms with Gasteiger partial charge in [-0.15, -0.1) is 0 Å². The first-order valence-corrected chi connectivity index (χ1v) is 6.27. The number of hydrogen-bond acceptors (Lipinski definition) is 5. The van der Waals surface area contributed by atoms with Gasteiger partial charge in [-0.05, 0) is 12.5 Å². The lowest BCUT2D eigenvalue weighted by Crippen LogP contribution is -2.46. The van der Waals surface area contributed by atoms with Crippen LogP contribution in [0.3, 0.4) is 0 Å². The molecule has 4 N–H and O–H groups in total. The third-order valence-corrected chi connectivity index (χ3v) is 2.93. The Kier molecular flexibility index (Phi) is 5.86. The van der Waals surface area contributed by atoms with Crippen LogP contribution >= 0.6 is 0 Å². The van der Waals surface area contributed by atoms with Gasteiger partial charge in [0.2, 0.25) is 5.91 Å². The maximum atomic E-state index is 12.0. The van der Waals surface area contributed by atoms with Gasteiger partial charge in [0.05, 0.1) is 13.5 Å². The molecule has 1 unspecified atom stereocenters. The van der Waals surface area contributed by atoms with Crippen LogP contribution in [0, 0.1) is 6.92 Å². The van der Waals surface area contributed by atoms with E-state index in [4.69, 9.17) is 10.8 Å². The smallest absolute Gasteiger partial charge is 0.326 e. The Balaban J connectivity index is 2.74. The van der Waals surface area contributed by atoms with Gasteiger partial charge in [0.15, 0.2) is 0 Å². The molecule has 21 heavy (non-hydrogen) atoms. The number of esters is 1. The van der Waals surface area contributed by atoms with E-state index < -0.39 is 36.4 Å². The Morgan fingerprint density at radius 2 is 1.86 bits per heavy atom. The van der Waals surface area contributed by atoms with Crippen molar-refractivity contribution < 1.29 is 24.2 Å². The molecule has 0 aliphatic rings. The highest BCUT2D eigenvalue weighted by Gasteiger charge is 2.26. The number of methoxy groups -OCH3 is 1. The van der Waals surface area contributed by atoms with Crippen LogP contribution in [-0.2, 0) is 19.1 Å². The molecule has 0 heterocycles. The third-order valence-electron chi connectivity index (χ3n) is 2.93. The van der Waals surface area contributed by atoms with E-state index in [-0.39, 0.29) is 0 Å². The van der Waals surface area contributed by atoms with Gasteiger partial charge in [-0.25, -0.2) is 4.79 Å². The maximum absolute atomic E-state index is 12.0. The lowest BCUT2D eigenvalue weighted by atomic mass is 10.0. The number of nitrogens with one attached hydrogen (secondary N) is 1. The molecule has 114 valence electrons. The van der Waals surface area contributed by atoms with Crippen LogP contribution in [0.4, 0.5) is 0 Å². The maximum Gasteiger partial charge on any atom is 0.326 e. The van der Waals surface area contributed by atoms with Crippen LogP contribution in [-0.4, -0.2) is 36.1 Å². The van der Waals surface area contributed by atoms with Gasteiger partial charge >= 0.3 is 11.9 Å². The molecule has 0 radical (unpaired) electrons. The van der Waals surface area contributed by atoms with Crippen LogP contribution in [0.5, 0.6) is 0 Å². The standard InChI is InChI=1S/C14H18N2O5/c1-8-3-5-9(6-4-8)12(15)13(18)16-10(14(19)20)7-11(17)21-2/h3-6,10,12H,7,15H2,1-2H3,(H,16,18)(H,19,20)/t10-,12?/m0/s1. The summed E-state index contributed by atoms with van der Waals surface area (Å²) in [6.45, 7) is 1.90. The topological polar surface area (TPSA) is 119 Å². The molecular formula is C14H18N2O5. The number of hydrogen-bond donors (Lipinski definition) is 3. The Morgan fingerprint density at radius 3 is 2.33 bits per heavy atom. The number of carboxylic acid groups (broad SMARTS) is 1. The second-order valence-corrected chi connectivity index (χ2v) is 4.57. The van der Waals surface area contributed by atoms with Gasteiger partial charge < -0.3 is 20.9 Å². The fourth-order valence-electron chi connectivity index (χ4n) is 1.64. The van der Waals surface area contributed by atoms with E-state index in [0.29, 0.717) is 5.56 Å². The van der Waals surface area contributed by atoms with Crippen LogP contribution in [0.15, 0.2) is 24.3 Å². The van der Waals surface area contributed by atoms with Crippen LogP contribution in [0.2, 0.25) is 0 Å². The zero-order chi connectivity index (χ0) is 16.0. The van der Waals surface area contributed by atoms with Gasteiger partial charge in [0.1, 0.15) is 12.1 Å². The fraction of sp³-hybridized carbons (Fsp3) is 0.357. The SMILES string of the molecule is COC(=O)C[C@H](NC(=O)C(N)c1ccc(C)cc1)C(=O)O. The predicted molar refractivity (Wildman–Crippen MR) is 74.3 cm³/mol. The number of amides is 1. The summed E-state index contributed by atoms with van der Waals surface area (Å²) >= 11 is 0. The molecule has 1 rings (SSSR count). The van der Waals surface area contributed by atoms with Gasteiger partial charge in [-0.2, -0.15) is 0 Å². The molecule has 0 aliphatic heterocycles. The zero-order valence-electron chi connectivity index (χ0n) is 11.8. The first kappa shape index (κ1) is 16.6. The minimum Gasteiger partial charge on any atom is -0.480 e. The lowest BCUT2D eigenvalue weighted by Gasteiger charge is -2.17. The highest BCUT2D eigenvalue weighted by Crippen LogP contribution is 2.12. The molecule has 0 aromatic heterocycles. The van der Waals surface area contributed by atoms with Gasteiger partial charge in [0, 0.05) is 0 Å². The summed E-state index contributed by atoms with van der Waals surface area (Å²) in [6.07, 6.45) is -0.460. The number of aryl methyl sites for hydroxylation is 1. The molecule has 0 fully saturated rings. The van der Waals surface area contributed by atoms with Crippen molar-refractivity contribution in [3.05, 3.63) is 35.4 Å². The molecule has 1 amide bonds. The quantitative estimate of drug-likeness (QED) is 0.642. The summed E-state index contributed by atoms with van der Waals surface area (Å²) in [5.41, 5.74) is 7.35. The number of ether oxygens (including phenoxy) is 1. The Bertz CT molecular complexity index is 527. The fourth-order valence-corrected chi connectivity index (χ4v) is 1.64. The molecule has 7 heteroatoms. The number of nitrogens with two attached hydrogens (primary N) is 1. The normalized spacial score (nSPS) is 13.1. The van der Waals surface area contributed by atoms with Gasteiger partial charge in [-0.3, -0.25) is 9.59 Å². The molecule has 0 bridgehead atoms. The lowest BCUT2D eigenvalue weighted by molar-refractivity contribution is -0.148. The average Bonchev–Trinajstić information content (AvgIpc) is 2.46. The van der Waals surface area contributed by atoms with E-state index >= 15 is 0 Å². The van der Waals surface area contributed by atoms with E-state index in [0.717, 1.165) is 12.7 Å². The van der Waals surface area contributed by atoms with E-state index in [2.05, 4.69) is 10.1 Å². The molecule has 7 nitrogen and oxygen atoms in total. The highest BCUT2D eigenvalue weighted by molar-refractivity contribution is 5.89. The molecule has 0 aliphatic carbocycles. The van der Waals surface area contributed by atoms with Gasteiger partial charge in [0.25, 0.3) is 0 Å². The van der Waals surface area contributed by atoms with Gasteiger partial charge in [-0.1, -0.05) is 29.8 Å². The largest absolute Gasteiger partial charge is 0.480 e. The van der Waals surface area contributed by atoms with Crippen molar-refractivity contribution in [3.8, 4) is 0 Å². The summed E-state index contributed by atoms with van der Waals surface area (Å²) in [6, 6.07) is 4.59. The van der Waals surface area contributed by atoms with Crippen molar-refractivity contribution in [1.82, 2.24) is 5.32 Å². The summed E-state index contributed by atoms with van der Waals surface area (Å²) in [7, 11) is 1.14. The van der Waals surface area contributed by atoms with Crippen molar-refractivity contribution in [3.63, 3.8) is 0 Å². The second kappa shape index (κ2) is 7.39. The number of aliphatic carboxylic acids is 1. The monoisotopic (exact) mass is 294 g/mol. The van der Waals surface area contributed by atoms with Crippen molar-refractivity contribution in [2.45, 2.75) is 25.4 Å². The van der Waals surface area contributed by atoms with E-state index in [9.17, 15) is 14.4 Å². The first-order chi connectivity index (χ1) is 9.85. The minimum absolute atomic E-state index is 0.460. The van der Waals surface area contributed by atoms with Crippen molar-refractivity contribution in [2.75, 3.05) is 7.11 Å². The Morgan fingerprint density at radius 1 is 1.29 bits per heavy atom. The van der Waals surface area contributed by atoms with Crippen molar-refractivity contribution >= 4 is 17.8 Å². The number of carboxylic acids is 1. The van der Waals surface area contributed by atoms with E-state index in [1.807, 2.05) is 6.92 Å². The first-order valence-electron chi connectivity index (χ1n) is 6.27. The van der Waals surface area contributed by atoms with Crippen molar-refractivity contribution in [2.24, 2.45) is 5.73 Å². The van der Waals surface area contributed by atoms with Crippen LogP contribution < -0.4 is 11.1 Å². The summed E-state index contributed by atoms with van der Waals surface area (Å²) in [5.74, 6) is -2.73. The number of benzene rings is 1. The third kappa shape index (κ3) is 4.88. The summed E-state index contributed by atoms with van der Waals surface area (Å²) < 4.78 is 4.39. The molecule has 1 aromatic carbocycles. The van der Waals surface area contributed by atoms with E-state index in [1.54, 1.807) is 24.3 Å². The van der Waals surface area contributed by atoms with Crippen LogP contribution in [0.1, 0.15) is 23.6 Å². The summed E-state index contributed by atoms with van der Waals surface area (Å²) in [4.78, 5) is 34.1. The van der Waals surface area contributed by atoms with Crippen molar-refractivity contribution in [1.29, 1.82) is 0 Å². The number of rotatable bonds is 6. The minimum atomic E-state index is -1.37. The molecule has 1 aromatic rings. The Labute approximate surface area is 122 Å².